The highest BCUT2D eigenvalue weighted by Crippen LogP contribution is 2.28. The molecule has 4 rings (SSSR count). The predicted molar refractivity (Wildman–Crippen MR) is 98.5 cm³/mol. The number of ether oxygens (including phenoxy) is 1. The highest BCUT2D eigenvalue weighted by molar-refractivity contribution is 5.90. The lowest BCUT2D eigenvalue weighted by Crippen LogP contribution is -2.50. The van der Waals surface area contributed by atoms with Gasteiger partial charge in [0.2, 0.25) is 11.7 Å². The molecule has 3 aromatic rings. The molecule has 8 heteroatoms. The van der Waals surface area contributed by atoms with Crippen molar-refractivity contribution in [2.75, 3.05) is 25.0 Å². The van der Waals surface area contributed by atoms with Crippen molar-refractivity contribution in [1.82, 2.24) is 20.0 Å². The molecule has 0 saturated carbocycles. The first-order valence-corrected chi connectivity index (χ1v) is 8.76. The molecule has 0 atom stereocenters. The SMILES string of the molecule is CCOc1ccc(NC(=O)N2CC(c3nc(-c4ccccn4)no3)C2)cc1. The average molecular weight is 365 g/mol. The molecular formula is C19H19N5O3. The van der Waals surface area contributed by atoms with Crippen LogP contribution >= 0.6 is 0 Å². The van der Waals surface area contributed by atoms with Crippen molar-refractivity contribution in [2.45, 2.75) is 12.8 Å². The number of hydrogen-bond acceptors (Lipinski definition) is 6. The molecule has 0 aliphatic carbocycles. The van der Waals surface area contributed by atoms with Gasteiger partial charge in [0.15, 0.2) is 0 Å². The summed E-state index contributed by atoms with van der Waals surface area (Å²) < 4.78 is 10.7. The fourth-order valence-electron chi connectivity index (χ4n) is 2.80. The largest absolute Gasteiger partial charge is 0.494 e. The van der Waals surface area contributed by atoms with Crippen molar-refractivity contribution in [1.29, 1.82) is 0 Å². The second-order valence-electron chi connectivity index (χ2n) is 6.16. The van der Waals surface area contributed by atoms with Crippen LogP contribution < -0.4 is 10.1 Å². The monoisotopic (exact) mass is 365 g/mol. The Kier molecular flexibility index (Phi) is 4.69. The van der Waals surface area contributed by atoms with Gasteiger partial charge in [0.25, 0.3) is 0 Å². The Bertz CT molecular complexity index is 905. The molecule has 1 aliphatic rings. The van der Waals surface area contributed by atoms with Crippen molar-refractivity contribution >= 4 is 11.7 Å². The summed E-state index contributed by atoms with van der Waals surface area (Å²) in [7, 11) is 0. The van der Waals surface area contributed by atoms with Crippen LogP contribution in [0.25, 0.3) is 11.5 Å². The number of nitrogens with zero attached hydrogens (tertiary/aromatic N) is 4. The van der Waals surface area contributed by atoms with Gasteiger partial charge >= 0.3 is 6.03 Å². The third kappa shape index (κ3) is 3.74. The fourth-order valence-corrected chi connectivity index (χ4v) is 2.80. The van der Waals surface area contributed by atoms with Gasteiger partial charge in [-0.05, 0) is 43.3 Å². The molecule has 1 N–H and O–H groups in total. The lowest BCUT2D eigenvalue weighted by molar-refractivity contribution is 0.147. The maximum Gasteiger partial charge on any atom is 0.321 e. The maximum atomic E-state index is 12.3. The average Bonchev–Trinajstić information content (AvgIpc) is 3.13. The summed E-state index contributed by atoms with van der Waals surface area (Å²) in [6, 6.07) is 12.7. The minimum Gasteiger partial charge on any atom is -0.494 e. The molecule has 2 amide bonds. The number of nitrogens with one attached hydrogen (secondary N) is 1. The fraction of sp³-hybridized carbons (Fsp3) is 0.263. The van der Waals surface area contributed by atoms with Gasteiger partial charge in [-0.3, -0.25) is 4.98 Å². The first-order chi connectivity index (χ1) is 13.2. The van der Waals surface area contributed by atoms with Crippen molar-refractivity contribution in [3.8, 4) is 17.3 Å². The molecule has 0 radical (unpaired) electrons. The van der Waals surface area contributed by atoms with E-state index in [0.29, 0.717) is 37.1 Å². The van der Waals surface area contributed by atoms with Gasteiger partial charge in [0.1, 0.15) is 11.4 Å². The molecular weight excluding hydrogens is 346 g/mol. The summed E-state index contributed by atoms with van der Waals surface area (Å²) >= 11 is 0. The predicted octanol–water partition coefficient (Wildman–Crippen LogP) is 3.16. The summed E-state index contributed by atoms with van der Waals surface area (Å²) in [5.74, 6) is 1.81. The number of urea groups is 1. The number of aromatic nitrogens is 3. The number of amides is 2. The lowest BCUT2D eigenvalue weighted by Gasteiger charge is -2.36. The van der Waals surface area contributed by atoms with Crippen molar-refractivity contribution in [3.63, 3.8) is 0 Å². The molecule has 0 bridgehead atoms. The summed E-state index contributed by atoms with van der Waals surface area (Å²) in [5, 5.41) is 6.84. The van der Waals surface area contributed by atoms with Crippen LogP contribution in [0.5, 0.6) is 5.75 Å². The zero-order chi connectivity index (χ0) is 18.6. The van der Waals surface area contributed by atoms with E-state index in [-0.39, 0.29) is 11.9 Å². The zero-order valence-corrected chi connectivity index (χ0v) is 14.8. The first kappa shape index (κ1) is 17.0. The number of anilines is 1. The summed E-state index contributed by atoms with van der Waals surface area (Å²) in [6.45, 7) is 3.61. The third-order valence-corrected chi connectivity index (χ3v) is 4.27. The van der Waals surface area contributed by atoms with Crippen LogP contribution in [0.1, 0.15) is 18.7 Å². The quantitative estimate of drug-likeness (QED) is 0.746. The molecule has 1 fully saturated rings. The molecule has 3 heterocycles. The Morgan fingerprint density at radius 2 is 2.07 bits per heavy atom. The van der Waals surface area contributed by atoms with E-state index >= 15 is 0 Å². The van der Waals surface area contributed by atoms with E-state index in [0.717, 1.165) is 11.4 Å². The van der Waals surface area contributed by atoms with Crippen molar-refractivity contribution in [3.05, 3.63) is 54.6 Å². The number of carbonyl (C=O) groups is 1. The maximum absolute atomic E-state index is 12.3. The van der Waals surface area contributed by atoms with Gasteiger partial charge in [-0.1, -0.05) is 11.2 Å². The van der Waals surface area contributed by atoms with Crippen LogP contribution in [0.15, 0.2) is 53.2 Å². The Hall–Kier alpha value is -3.42. The van der Waals surface area contributed by atoms with Crippen LogP contribution in [0.4, 0.5) is 10.5 Å². The normalized spacial score (nSPS) is 13.9. The Balaban J connectivity index is 1.31. The first-order valence-electron chi connectivity index (χ1n) is 8.76. The number of carbonyl (C=O) groups excluding carboxylic acids is 1. The van der Waals surface area contributed by atoms with Crippen molar-refractivity contribution < 1.29 is 14.1 Å². The molecule has 0 unspecified atom stereocenters. The standard InChI is InChI=1S/C19H19N5O3/c1-2-26-15-8-6-14(7-9-15)21-19(25)24-11-13(12-24)18-22-17(23-27-18)16-5-3-4-10-20-16/h3-10,13H,2,11-12H2,1H3,(H,21,25). The number of likely N-dealkylation sites (tertiary alicyclic amines) is 1. The van der Waals surface area contributed by atoms with E-state index in [9.17, 15) is 4.79 Å². The summed E-state index contributed by atoms with van der Waals surface area (Å²) in [5.41, 5.74) is 1.39. The lowest BCUT2D eigenvalue weighted by atomic mass is 10.0. The van der Waals surface area contributed by atoms with Gasteiger partial charge in [0.05, 0.1) is 12.5 Å². The molecule has 2 aromatic heterocycles. The minimum absolute atomic E-state index is 0.0426. The second kappa shape index (κ2) is 7.45. The van der Waals surface area contributed by atoms with Crippen molar-refractivity contribution in [2.24, 2.45) is 0 Å². The Labute approximate surface area is 156 Å². The van der Waals surface area contributed by atoms with Gasteiger partial charge in [0, 0.05) is 25.0 Å². The number of benzene rings is 1. The number of rotatable bonds is 5. The van der Waals surface area contributed by atoms with Gasteiger partial charge in [-0.15, -0.1) is 0 Å². The number of hydrogen-bond donors (Lipinski definition) is 1. The van der Waals surface area contributed by atoms with Crippen LogP contribution in [-0.2, 0) is 0 Å². The molecule has 1 aliphatic heterocycles. The molecule has 8 nitrogen and oxygen atoms in total. The van der Waals surface area contributed by atoms with E-state index < -0.39 is 0 Å². The molecule has 1 saturated heterocycles. The van der Waals surface area contributed by atoms with Crippen LogP contribution in [0.3, 0.4) is 0 Å². The van der Waals surface area contributed by atoms with E-state index in [2.05, 4.69) is 20.4 Å². The summed E-state index contributed by atoms with van der Waals surface area (Å²) in [6.07, 6.45) is 1.68. The highest BCUT2D eigenvalue weighted by atomic mass is 16.5. The van der Waals surface area contributed by atoms with Gasteiger partial charge in [-0.2, -0.15) is 4.98 Å². The number of pyridine rings is 1. The summed E-state index contributed by atoms with van der Waals surface area (Å²) in [4.78, 5) is 22.6. The van der Waals surface area contributed by atoms with E-state index in [1.807, 2.05) is 49.4 Å². The second-order valence-corrected chi connectivity index (χ2v) is 6.16. The van der Waals surface area contributed by atoms with E-state index in [1.165, 1.54) is 0 Å². The topological polar surface area (TPSA) is 93.4 Å². The van der Waals surface area contributed by atoms with Crippen LogP contribution in [-0.4, -0.2) is 45.8 Å². The molecule has 0 spiro atoms. The zero-order valence-electron chi connectivity index (χ0n) is 14.8. The van der Waals surface area contributed by atoms with E-state index in [1.54, 1.807) is 11.1 Å². The van der Waals surface area contributed by atoms with E-state index in [4.69, 9.17) is 9.26 Å². The molecule has 138 valence electrons. The molecule has 1 aromatic carbocycles. The molecule has 27 heavy (non-hydrogen) atoms. The third-order valence-electron chi connectivity index (χ3n) is 4.27. The smallest absolute Gasteiger partial charge is 0.321 e. The Morgan fingerprint density at radius 1 is 1.26 bits per heavy atom. The Morgan fingerprint density at radius 3 is 2.78 bits per heavy atom. The van der Waals surface area contributed by atoms with Crippen LogP contribution in [0.2, 0.25) is 0 Å². The highest BCUT2D eigenvalue weighted by Gasteiger charge is 2.35. The van der Waals surface area contributed by atoms with Gasteiger partial charge in [-0.25, -0.2) is 4.79 Å². The van der Waals surface area contributed by atoms with Gasteiger partial charge < -0.3 is 19.5 Å². The minimum atomic E-state index is -0.153. The van der Waals surface area contributed by atoms with Crippen LogP contribution in [0, 0.1) is 0 Å².